The molecular formula is C9H13O3P. The molecule has 0 amide bonds. The van der Waals surface area contributed by atoms with E-state index >= 15 is 0 Å². The molecule has 1 atom stereocenters. The number of benzene rings is 1. The highest BCUT2D eigenvalue weighted by Crippen LogP contribution is 2.31. The summed E-state index contributed by atoms with van der Waals surface area (Å²) >= 11 is 0. The molecule has 0 aliphatic rings. The Kier molecular flexibility index (Phi) is 4.00. The molecule has 0 aliphatic heterocycles. The van der Waals surface area contributed by atoms with Crippen LogP contribution in [0, 0.1) is 0 Å². The van der Waals surface area contributed by atoms with Crippen LogP contribution in [0.5, 0.6) is 5.75 Å². The molecule has 0 heterocycles. The van der Waals surface area contributed by atoms with Crippen LogP contribution in [0.25, 0.3) is 0 Å². The largest absolute Gasteiger partial charge is 0.496 e. The van der Waals surface area contributed by atoms with Gasteiger partial charge >= 0.3 is 0 Å². The van der Waals surface area contributed by atoms with Crippen LogP contribution in [-0.4, -0.2) is 14.2 Å². The van der Waals surface area contributed by atoms with Crippen molar-refractivity contribution in [2.24, 2.45) is 0 Å². The van der Waals surface area contributed by atoms with Crippen molar-refractivity contribution in [2.75, 3.05) is 14.2 Å². The highest BCUT2D eigenvalue weighted by Gasteiger charge is 2.04. The van der Waals surface area contributed by atoms with E-state index in [0.29, 0.717) is 6.16 Å². The zero-order chi connectivity index (χ0) is 9.68. The first-order valence-corrected chi connectivity index (χ1v) is 5.49. The summed E-state index contributed by atoms with van der Waals surface area (Å²) in [4.78, 5) is 0. The van der Waals surface area contributed by atoms with Crippen molar-refractivity contribution < 1.29 is 13.8 Å². The van der Waals surface area contributed by atoms with Crippen molar-refractivity contribution in [1.82, 2.24) is 0 Å². The summed E-state index contributed by atoms with van der Waals surface area (Å²) in [6.07, 6.45) is 0.436. The molecule has 0 saturated carbocycles. The second-order valence-electron chi connectivity index (χ2n) is 2.56. The summed E-state index contributed by atoms with van der Waals surface area (Å²) in [6.45, 7) is 0. The van der Waals surface area contributed by atoms with Gasteiger partial charge in [-0.25, -0.2) is 0 Å². The summed E-state index contributed by atoms with van der Waals surface area (Å²) in [7, 11) is 1.11. The van der Waals surface area contributed by atoms with Crippen molar-refractivity contribution in [1.29, 1.82) is 0 Å². The van der Waals surface area contributed by atoms with Gasteiger partial charge in [-0.1, -0.05) is 18.2 Å². The number of hydrogen-bond acceptors (Lipinski definition) is 3. The van der Waals surface area contributed by atoms with Crippen LogP contribution < -0.4 is 4.74 Å². The van der Waals surface area contributed by atoms with Gasteiger partial charge in [-0.15, -0.1) is 0 Å². The lowest BCUT2D eigenvalue weighted by Crippen LogP contribution is -1.89. The molecule has 1 aromatic carbocycles. The summed E-state index contributed by atoms with van der Waals surface area (Å²) in [5.41, 5.74) is 0.927. The van der Waals surface area contributed by atoms with Crippen molar-refractivity contribution in [3.05, 3.63) is 29.8 Å². The van der Waals surface area contributed by atoms with Gasteiger partial charge in [0, 0.05) is 12.7 Å². The Morgan fingerprint density at radius 2 is 2.00 bits per heavy atom. The summed E-state index contributed by atoms with van der Waals surface area (Å²) in [6, 6.07) is 7.51. The first kappa shape index (κ1) is 10.3. The molecule has 0 radical (unpaired) electrons. The Balaban J connectivity index is 2.81. The van der Waals surface area contributed by atoms with Gasteiger partial charge in [-0.05, 0) is 6.07 Å². The highest BCUT2D eigenvalue weighted by atomic mass is 31.1. The predicted molar refractivity (Wildman–Crippen MR) is 52.7 cm³/mol. The highest BCUT2D eigenvalue weighted by molar-refractivity contribution is 7.38. The van der Waals surface area contributed by atoms with E-state index in [2.05, 4.69) is 0 Å². The zero-order valence-corrected chi connectivity index (χ0v) is 8.74. The average Bonchev–Trinajstić information content (AvgIpc) is 2.18. The van der Waals surface area contributed by atoms with Gasteiger partial charge < -0.3 is 9.26 Å². The van der Waals surface area contributed by atoms with Gasteiger partial charge in [0.05, 0.1) is 13.3 Å². The van der Waals surface area contributed by atoms with E-state index in [0.717, 1.165) is 11.3 Å². The molecule has 72 valence electrons. The normalized spacial score (nSPS) is 12.5. The lowest BCUT2D eigenvalue weighted by molar-refractivity contribution is 0.403. The minimum atomic E-state index is -1.94. The molecule has 0 spiro atoms. The van der Waals surface area contributed by atoms with Gasteiger partial charge in [-0.3, -0.25) is 4.57 Å². The lowest BCUT2D eigenvalue weighted by Gasteiger charge is -2.06. The molecule has 1 aromatic rings. The summed E-state index contributed by atoms with van der Waals surface area (Å²) < 4.78 is 21.0. The molecule has 0 saturated heterocycles. The first-order chi connectivity index (χ1) is 6.27. The molecule has 1 rings (SSSR count). The van der Waals surface area contributed by atoms with Gasteiger partial charge in [0.2, 0.25) is 0 Å². The molecule has 13 heavy (non-hydrogen) atoms. The van der Waals surface area contributed by atoms with Gasteiger partial charge in [0.15, 0.2) is 8.03 Å². The van der Waals surface area contributed by atoms with Crippen molar-refractivity contribution >= 4 is 8.03 Å². The number of para-hydroxylation sites is 1. The van der Waals surface area contributed by atoms with Crippen molar-refractivity contribution in [3.63, 3.8) is 0 Å². The second kappa shape index (κ2) is 5.05. The van der Waals surface area contributed by atoms with Crippen LogP contribution in [0.15, 0.2) is 24.3 Å². The topological polar surface area (TPSA) is 35.5 Å². The molecule has 0 aromatic heterocycles. The monoisotopic (exact) mass is 200 g/mol. The minimum Gasteiger partial charge on any atom is -0.496 e. The molecule has 1 unspecified atom stereocenters. The van der Waals surface area contributed by atoms with Crippen LogP contribution in [0.4, 0.5) is 0 Å². The molecule has 0 aliphatic carbocycles. The Hall–Kier alpha value is -0.790. The smallest absolute Gasteiger partial charge is 0.195 e. The number of hydrogen-bond donors (Lipinski definition) is 0. The Morgan fingerprint density at radius 1 is 1.31 bits per heavy atom. The van der Waals surface area contributed by atoms with Gasteiger partial charge in [0.1, 0.15) is 5.75 Å². The van der Waals surface area contributed by atoms with Gasteiger partial charge in [-0.2, -0.15) is 0 Å². The van der Waals surface area contributed by atoms with Crippen molar-refractivity contribution in [2.45, 2.75) is 6.16 Å². The van der Waals surface area contributed by atoms with Gasteiger partial charge in [0.25, 0.3) is 0 Å². The second-order valence-corrected chi connectivity index (χ2v) is 4.07. The summed E-state index contributed by atoms with van der Waals surface area (Å²) in [5, 5.41) is 0. The Morgan fingerprint density at radius 3 is 2.62 bits per heavy atom. The number of ether oxygens (including phenoxy) is 1. The van der Waals surface area contributed by atoms with E-state index in [9.17, 15) is 4.57 Å². The van der Waals surface area contributed by atoms with Crippen LogP contribution in [0.2, 0.25) is 0 Å². The third-order valence-corrected chi connectivity index (χ3v) is 2.88. The minimum absolute atomic E-state index is 0.436. The van der Waals surface area contributed by atoms with Crippen molar-refractivity contribution in [3.8, 4) is 5.75 Å². The molecule has 0 fully saturated rings. The molecule has 0 N–H and O–H groups in total. The third-order valence-electron chi connectivity index (χ3n) is 1.75. The van der Waals surface area contributed by atoms with E-state index in [1.54, 1.807) is 7.11 Å². The Labute approximate surface area is 78.5 Å². The fourth-order valence-electron chi connectivity index (χ4n) is 1.08. The molecule has 4 heteroatoms. The van der Waals surface area contributed by atoms with E-state index in [4.69, 9.17) is 9.26 Å². The van der Waals surface area contributed by atoms with Crippen LogP contribution in [0.3, 0.4) is 0 Å². The SMILES string of the molecule is COc1ccccc1C[PH](=O)OC. The van der Waals surface area contributed by atoms with E-state index in [1.165, 1.54) is 7.11 Å². The maximum absolute atomic E-state index is 11.2. The van der Waals surface area contributed by atoms with E-state index < -0.39 is 8.03 Å². The Bertz CT molecular complexity index is 299. The van der Waals surface area contributed by atoms with Crippen LogP contribution in [-0.2, 0) is 15.3 Å². The quantitative estimate of drug-likeness (QED) is 0.699. The van der Waals surface area contributed by atoms with E-state index in [1.807, 2.05) is 24.3 Å². The number of methoxy groups -OCH3 is 1. The zero-order valence-electron chi connectivity index (χ0n) is 7.74. The van der Waals surface area contributed by atoms with E-state index in [-0.39, 0.29) is 0 Å². The summed E-state index contributed by atoms with van der Waals surface area (Å²) in [5.74, 6) is 0.762. The maximum Gasteiger partial charge on any atom is 0.195 e. The van der Waals surface area contributed by atoms with Crippen LogP contribution in [0.1, 0.15) is 5.56 Å². The molecule has 0 bridgehead atoms. The third kappa shape index (κ3) is 2.87. The van der Waals surface area contributed by atoms with Crippen LogP contribution >= 0.6 is 8.03 Å². The molecule has 3 nitrogen and oxygen atoms in total. The molecular weight excluding hydrogens is 187 g/mol. The standard InChI is InChI=1S/C9H13O3P/c1-11-9-6-4-3-5-8(9)7-13(10)12-2/h3-6,13H,7H2,1-2H3. The lowest BCUT2D eigenvalue weighted by atomic mass is 10.2. The fourth-order valence-corrected chi connectivity index (χ4v) is 1.82. The number of rotatable bonds is 4. The predicted octanol–water partition coefficient (Wildman–Crippen LogP) is 2.32. The average molecular weight is 200 g/mol. The fraction of sp³-hybridized carbons (Fsp3) is 0.333. The maximum atomic E-state index is 11.2. The first-order valence-electron chi connectivity index (χ1n) is 3.96.